The number of fused-ring (bicyclic) bond motifs is 2. The molecule has 170 valence electrons. The molecular weight excluding hydrogens is 426 g/mol. The number of nitrogens with one attached hydrogen (secondary N) is 3. The normalized spacial score (nSPS) is 12.4. The van der Waals surface area contributed by atoms with Gasteiger partial charge in [0.05, 0.1) is 42.5 Å². The predicted octanol–water partition coefficient (Wildman–Crippen LogP) is 3.47. The Bertz CT molecular complexity index is 1460. The van der Waals surface area contributed by atoms with Crippen molar-refractivity contribution in [1.29, 1.82) is 0 Å². The van der Waals surface area contributed by atoms with Crippen LogP contribution in [0, 0.1) is 0 Å². The van der Waals surface area contributed by atoms with Gasteiger partial charge in [0.25, 0.3) is 5.56 Å². The van der Waals surface area contributed by atoms with E-state index in [1.54, 1.807) is 43.5 Å². The van der Waals surface area contributed by atoms with E-state index < -0.39 is 0 Å². The summed E-state index contributed by atoms with van der Waals surface area (Å²) < 4.78 is 17.7. The average molecular weight is 449 g/mol. The molecule has 11 nitrogen and oxygen atoms in total. The number of aromatic nitrogens is 6. The van der Waals surface area contributed by atoms with E-state index in [4.69, 9.17) is 13.9 Å². The Kier molecular flexibility index (Phi) is 5.00. The van der Waals surface area contributed by atoms with Crippen LogP contribution in [0.25, 0.3) is 33.5 Å². The first-order valence-electron chi connectivity index (χ1n) is 10.4. The minimum Gasteiger partial charge on any atom is -0.493 e. The molecule has 0 aliphatic carbocycles. The van der Waals surface area contributed by atoms with Crippen LogP contribution in [0.3, 0.4) is 0 Å². The highest BCUT2D eigenvalue weighted by Crippen LogP contribution is 2.35. The van der Waals surface area contributed by atoms with Crippen LogP contribution in [-0.4, -0.2) is 43.9 Å². The van der Waals surface area contributed by atoms with Crippen LogP contribution in [0.15, 0.2) is 40.2 Å². The molecule has 0 fully saturated rings. The maximum atomic E-state index is 13.3. The highest BCUT2D eigenvalue weighted by molar-refractivity contribution is 5.96. The zero-order chi connectivity index (χ0) is 23.1. The summed E-state index contributed by atoms with van der Waals surface area (Å²) in [4.78, 5) is 28.3. The van der Waals surface area contributed by atoms with E-state index in [0.29, 0.717) is 62.9 Å². The van der Waals surface area contributed by atoms with Crippen molar-refractivity contribution < 1.29 is 13.9 Å². The maximum absolute atomic E-state index is 13.3. The Morgan fingerprint density at radius 2 is 1.97 bits per heavy atom. The molecule has 11 heteroatoms. The van der Waals surface area contributed by atoms with Gasteiger partial charge >= 0.3 is 0 Å². The van der Waals surface area contributed by atoms with E-state index in [2.05, 4.69) is 30.4 Å². The summed E-state index contributed by atoms with van der Waals surface area (Å²) in [6.07, 6.45) is 4.74. The number of ether oxygens (including phenoxy) is 2. The number of methoxy groups -OCH3 is 2. The number of H-pyrrole nitrogens is 2. The first-order valence-corrected chi connectivity index (χ1v) is 10.4. The summed E-state index contributed by atoms with van der Waals surface area (Å²) >= 11 is 0. The summed E-state index contributed by atoms with van der Waals surface area (Å²) in [5.74, 6) is 1.50. The van der Waals surface area contributed by atoms with Crippen molar-refractivity contribution in [2.45, 2.75) is 26.4 Å². The van der Waals surface area contributed by atoms with E-state index in [-0.39, 0.29) is 11.6 Å². The molecule has 0 aliphatic heterocycles. The molecule has 0 radical (unpaired) electrons. The van der Waals surface area contributed by atoms with Gasteiger partial charge in [-0.25, -0.2) is 9.97 Å². The Morgan fingerprint density at radius 3 is 2.67 bits per heavy atom. The van der Waals surface area contributed by atoms with Crippen molar-refractivity contribution in [1.82, 2.24) is 29.7 Å². The molecule has 0 bridgehead atoms. The largest absolute Gasteiger partial charge is 0.493 e. The highest BCUT2D eigenvalue weighted by Gasteiger charge is 2.23. The smallest absolute Gasteiger partial charge is 0.261 e. The predicted molar refractivity (Wildman–Crippen MR) is 123 cm³/mol. The zero-order valence-corrected chi connectivity index (χ0v) is 18.6. The number of hydrogen-bond acceptors (Lipinski definition) is 8. The van der Waals surface area contributed by atoms with Crippen LogP contribution in [0.2, 0.25) is 0 Å². The van der Waals surface area contributed by atoms with Crippen LogP contribution in [0.1, 0.15) is 25.6 Å². The number of imidazole rings is 1. The number of aromatic amines is 2. The Hall–Kier alpha value is -4.28. The number of pyridine rings is 1. The van der Waals surface area contributed by atoms with Gasteiger partial charge in [-0.15, -0.1) is 0 Å². The van der Waals surface area contributed by atoms with Crippen molar-refractivity contribution >= 4 is 27.8 Å². The first kappa shape index (κ1) is 20.6. The zero-order valence-electron chi connectivity index (χ0n) is 18.6. The van der Waals surface area contributed by atoms with Crippen molar-refractivity contribution in [2.24, 2.45) is 0 Å². The third-order valence-electron chi connectivity index (χ3n) is 5.53. The van der Waals surface area contributed by atoms with Crippen molar-refractivity contribution in [3.05, 3.63) is 47.0 Å². The van der Waals surface area contributed by atoms with Gasteiger partial charge < -0.3 is 29.2 Å². The van der Waals surface area contributed by atoms with Gasteiger partial charge in [-0.1, -0.05) is 0 Å². The van der Waals surface area contributed by atoms with E-state index in [1.807, 2.05) is 13.8 Å². The van der Waals surface area contributed by atoms with Crippen LogP contribution in [0.4, 0.5) is 5.69 Å². The lowest BCUT2D eigenvalue weighted by atomic mass is 10.1. The van der Waals surface area contributed by atoms with Gasteiger partial charge in [0.1, 0.15) is 28.9 Å². The third kappa shape index (κ3) is 3.47. The Balaban J connectivity index is 1.73. The van der Waals surface area contributed by atoms with E-state index in [9.17, 15) is 4.79 Å². The number of nitrogens with zero attached hydrogens (tertiary/aromatic N) is 4. The molecule has 1 atom stereocenters. The summed E-state index contributed by atoms with van der Waals surface area (Å²) in [6.45, 7) is 4.57. The van der Waals surface area contributed by atoms with E-state index in [0.717, 1.165) is 0 Å². The number of benzene rings is 1. The minimum absolute atomic E-state index is 0.246. The van der Waals surface area contributed by atoms with Gasteiger partial charge in [0.2, 0.25) is 0 Å². The molecule has 0 saturated heterocycles. The van der Waals surface area contributed by atoms with Crippen molar-refractivity contribution in [3.63, 3.8) is 0 Å². The van der Waals surface area contributed by atoms with Gasteiger partial charge in [0.15, 0.2) is 17.9 Å². The standard InChI is InChI=1S/C22H23N7O4/c1-5-29-8-14-19(28-29)20(24-11(2)15-9-33-10-23-15)18(22(30)27-14)21-25-12-6-16(31-3)17(32-4)7-13(12)26-21/h6-11,24H,5H2,1-4H3,(H,25,26)(H,27,30). The van der Waals surface area contributed by atoms with Gasteiger partial charge in [-0.2, -0.15) is 5.10 Å². The van der Waals surface area contributed by atoms with Gasteiger partial charge in [0, 0.05) is 24.9 Å². The fourth-order valence-corrected chi connectivity index (χ4v) is 3.82. The van der Waals surface area contributed by atoms with Crippen molar-refractivity contribution in [2.75, 3.05) is 19.5 Å². The molecule has 4 heterocycles. The van der Waals surface area contributed by atoms with Crippen LogP contribution >= 0.6 is 0 Å². The first-order chi connectivity index (χ1) is 16.0. The second kappa shape index (κ2) is 8.01. The lowest BCUT2D eigenvalue weighted by Crippen LogP contribution is -2.16. The lowest BCUT2D eigenvalue weighted by molar-refractivity contribution is 0.356. The molecule has 3 N–H and O–H groups in total. The maximum Gasteiger partial charge on any atom is 0.261 e. The second-order valence-electron chi connectivity index (χ2n) is 7.54. The molecule has 1 aromatic carbocycles. The quantitative estimate of drug-likeness (QED) is 0.344. The molecule has 0 aliphatic rings. The molecule has 5 aromatic rings. The van der Waals surface area contributed by atoms with Crippen LogP contribution in [0.5, 0.6) is 11.5 Å². The number of rotatable bonds is 7. The summed E-state index contributed by atoms with van der Waals surface area (Å²) in [6, 6.07) is 3.30. The molecule has 0 spiro atoms. The summed E-state index contributed by atoms with van der Waals surface area (Å²) in [7, 11) is 3.13. The SMILES string of the molecule is CCn1cc2[nH]c(=O)c(-c3nc4cc(OC)c(OC)cc4[nH]3)c(NC(C)c3cocn3)c2n1. The molecular formula is C22H23N7O4. The van der Waals surface area contributed by atoms with E-state index in [1.165, 1.54) is 6.39 Å². The van der Waals surface area contributed by atoms with Gasteiger partial charge in [-0.3, -0.25) is 9.48 Å². The molecule has 5 rings (SSSR count). The third-order valence-corrected chi connectivity index (χ3v) is 5.53. The topological polar surface area (TPSA) is 136 Å². The Labute approximate surface area is 187 Å². The number of aryl methyl sites for hydroxylation is 1. The Morgan fingerprint density at radius 1 is 1.18 bits per heavy atom. The highest BCUT2D eigenvalue weighted by atomic mass is 16.5. The van der Waals surface area contributed by atoms with Crippen LogP contribution in [-0.2, 0) is 6.54 Å². The van der Waals surface area contributed by atoms with Crippen molar-refractivity contribution in [3.8, 4) is 22.9 Å². The van der Waals surface area contributed by atoms with Gasteiger partial charge in [-0.05, 0) is 13.8 Å². The minimum atomic E-state index is -0.300. The lowest BCUT2D eigenvalue weighted by Gasteiger charge is -2.15. The molecule has 0 saturated carbocycles. The monoisotopic (exact) mass is 449 g/mol. The molecule has 0 amide bonds. The number of hydrogen-bond donors (Lipinski definition) is 3. The number of anilines is 1. The average Bonchev–Trinajstić information content (AvgIpc) is 3.56. The van der Waals surface area contributed by atoms with Crippen LogP contribution < -0.4 is 20.3 Å². The molecule has 1 unspecified atom stereocenters. The fraction of sp³-hybridized carbons (Fsp3) is 0.273. The summed E-state index contributed by atoms with van der Waals surface area (Å²) in [5.41, 5.74) is 3.88. The molecule has 33 heavy (non-hydrogen) atoms. The second-order valence-corrected chi connectivity index (χ2v) is 7.54. The summed E-state index contributed by atoms with van der Waals surface area (Å²) in [5, 5.41) is 8.05. The molecule has 4 aromatic heterocycles. The fourth-order valence-electron chi connectivity index (χ4n) is 3.82. The van der Waals surface area contributed by atoms with E-state index >= 15 is 0 Å². The number of oxazole rings is 1.